The first-order valence-electron chi connectivity index (χ1n) is 9.68. The van der Waals surface area contributed by atoms with Crippen molar-refractivity contribution in [2.24, 2.45) is 5.41 Å². The van der Waals surface area contributed by atoms with Crippen LogP contribution in [-0.4, -0.2) is 55.1 Å². The Morgan fingerprint density at radius 2 is 1.93 bits per heavy atom. The molecule has 2 unspecified atom stereocenters. The van der Waals surface area contributed by atoms with E-state index in [1.165, 1.54) is 7.11 Å². The molecule has 1 saturated heterocycles. The highest BCUT2D eigenvalue weighted by atomic mass is 16.6. The molecule has 0 bridgehead atoms. The summed E-state index contributed by atoms with van der Waals surface area (Å²) in [5, 5.41) is 15.7. The summed E-state index contributed by atoms with van der Waals surface area (Å²) in [5.74, 6) is -1.25. The van der Waals surface area contributed by atoms with Crippen LogP contribution in [0.5, 0.6) is 0 Å². The smallest absolute Gasteiger partial charge is 0.323 e. The zero-order chi connectivity index (χ0) is 20.7. The van der Waals surface area contributed by atoms with Crippen LogP contribution in [0, 0.1) is 5.41 Å². The Hall–Kier alpha value is -1.96. The number of esters is 1. The van der Waals surface area contributed by atoms with Gasteiger partial charge < -0.3 is 19.9 Å². The van der Waals surface area contributed by atoms with E-state index >= 15 is 0 Å². The van der Waals surface area contributed by atoms with Crippen molar-refractivity contribution in [1.29, 1.82) is 0 Å². The number of epoxide rings is 1. The van der Waals surface area contributed by atoms with Crippen molar-refractivity contribution >= 4 is 11.9 Å². The van der Waals surface area contributed by atoms with E-state index in [0.29, 0.717) is 13.0 Å². The van der Waals surface area contributed by atoms with Gasteiger partial charge in [0.05, 0.1) is 13.5 Å². The lowest BCUT2D eigenvalue weighted by Crippen LogP contribution is -2.45. The lowest BCUT2D eigenvalue weighted by molar-refractivity contribution is -0.143. The van der Waals surface area contributed by atoms with Crippen LogP contribution in [0.4, 0.5) is 0 Å². The summed E-state index contributed by atoms with van der Waals surface area (Å²) in [5.41, 5.74) is 1.17. The molecule has 0 spiro atoms. The zero-order valence-corrected chi connectivity index (χ0v) is 17.1. The standard InChI is InChI=1S/C21H32N2O5/c1-21(2,3)10-11-22-15(13-17(24)25)18-19(28-18)23-16(20(26)27-4)12-14-8-6-5-7-9-14/h5-9,15-16,18-19,22-23H,10-13H2,1-4H3,(H,24,25)/t15-,16-,18?,19?/m0/s1. The molecular weight excluding hydrogens is 360 g/mol. The molecule has 28 heavy (non-hydrogen) atoms. The van der Waals surface area contributed by atoms with Crippen molar-refractivity contribution in [1.82, 2.24) is 10.6 Å². The predicted molar refractivity (Wildman–Crippen MR) is 106 cm³/mol. The molecule has 4 atom stereocenters. The molecule has 7 nitrogen and oxygen atoms in total. The zero-order valence-electron chi connectivity index (χ0n) is 17.1. The molecule has 7 heteroatoms. The summed E-state index contributed by atoms with van der Waals surface area (Å²) < 4.78 is 10.6. The minimum Gasteiger partial charge on any atom is -0.481 e. The second-order valence-electron chi connectivity index (χ2n) is 8.42. The fraction of sp³-hybridized carbons (Fsp3) is 0.619. The summed E-state index contributed by atoms with van der Waals surface area (Å²) in [7, 11) is 1.36. The first-order valence-corrected chi connectivity index (χ1v) is 9.68. The Bertz CT molecular complexity index is 644. The molecule has 0 saturated carbocycles. The summed E-state index contributed by atoms with van der Waals surface area (Å²) in [6, 6.07) is 8.79. The third-order valence-corrected chi connectivity index (χ3v) is 4.73. The van der Waals surface area contributed by atoms with Gasteiger partial charge in [-0.15, -0.1) is 0 Å². The fourth-order valence-corrected chi connectivity index (χ4v) is 3.09. The molecule has 0 radical (unpaired) electrons. The van der Waals surface area contributed by atoms with Crippen LogP contribution in [0.15, 0.2) is 30.3 Å². The Labute approximate surface area is 166 Å². The normalized spacial score (nSPS) is 21.0. The molecule has 156 valence electrons. The molecule has 1 aromatic rings. The minimum atomic E-state index is -0.878. The number of carbonyl (C=O) groups excluding carboxylic acids is 1. The number of benzene rings is 1. The molecular formula is C21H32N2O5. The van der Waals surface area contributed by atoms with E-state index in [0.717, 1.165) is 12.0 Å². The van der Waals surface area contributed by atoms with Gasteiger partial charge in [0.2, 0.25) is 0 Å². The molecule has 1 fully saturated rings. The molecule has 3 N–H and O–H groups in total. The Kier molecular flexibility index (Phi) is 7.98. The van der Waals surface area contributed by atoms with Crippen LogP contribution in [0.3, 0.4) is 0 Å². The maximum Gasteiger partial charge on any atom is 0.323 e. The van der Waals surface area contributed by atoms with E-state index in [9.17, 15) is 14.7 Å². The average molecular weight is 392 g/mol. The molecule has 1 aliphatic rings. The van der Waals surface area contributed by atoms with E-state index in [-0.39, 0.29) is 36.2 Å². The first-order chi connectivity index (χ1) is 13.2. The van der Waals surface area contributed by atoms with Crippen LogP contribution < -0.4 is 10.6 Å². The maximum atomic E-state index is 12.2. The largest absolute Gasteiger partial charge is 0.481 e. The number of carboxylic acids is 1. The van der Waals surface area contributed by atoms with Crippen molar-refractivity contribution in [3.05, 3.63) is 35.9 Å². The second kappa shape index (κ2) is 10.0. The summed E-state index contributed by atoms with van der Waals surface area (Å²) in [6.45, 7) is 7.13. The lowest BCUT2D eigenvalue weighted by atomic mass is 9.92. The number of rotatable bonds is 11. The van der Waals surface area contributed by atoms with Crippen LogP contribution in [0.1, 0.15) is 39.2 Å². The minimum absolute atomic E-state index is 0.0332. The van der Waals surface area contributed by atoms with Crippen LogP contribution in [0.25, 0.3) is 0 Å². The molecule has 0 amide bonds. The van der Waals surface area contributed by atoms with E-state index in [2.05, 4.69) is 31.4 Å². The van der Waals surface area contributed by atoms with Gasteiger partial charge in [0.15, 0.2) is 0 Å². The van der Waals surface area contributed by atoms with Crippen molar-refractivity contribution in [3.8, 4) is 0 Å². The summed E-state index contributed by atoms with van der Waals surface area (Å²) in [4.78, 5) is 23.4. The van der Waals surface area contributed by atoms with E-state index < -0.39 is 12.0 Å². The highest BCUT2D eigenvalue weighted by molar-refractivity contribution is 5.76. The number of hydrogen-bond donors (Lipinski definition) is 3. The molecule has 0 aromatic heterocycles. The number of methoxy groups -OCH3 is 1. The third-order valence-electron chi connectivity index (χ3n) is 4.73. The van der Waals surface area contributed by atoms with Gasteiger partial charge in [-0.05, 0) is 30.4 Å². The Balaban J connectivity index is 1.94. The molecule has 1 aliphatic heterocycles. The number of carbonyl (C=O) groups is 2. The maximum absolute atomic E-state index is 12.2. The fourth-order valence-electron chi connectivity index (χ4n) is 3.09. The number of hydrogen-bond acceptors (Lipinski definition) is 6. The van der Waals surface area contributed by atoms with Crippen LogP contribution in [0.2, 0.25) is 0 Å². The van der Waals surface area contributed by atoms with Gasteiger partial charge in [-0.2, -0.15) is 0 Å². The van der Waals surface area contributed by atoms with Crippen molar-refractivity contribution < 1.29 is 24.2 Å². The van der Waals surface area contributed by atoms with E-state index in [4.69, 9.17) is 9.47 Å². The van der Waals surface area contributed by atoms with Gasteiger partial charge >= 0.3 is 11.9 Å². The van der Waals surface area contributed by atoms with Gasteiger partial charge in [0.25, 0.3) is 0 Å². The lowest BCUT2D eigenvalue weighted by Gasteiger charge is -2.21. The Morgan fingerprint density at radius 3 is 2.50 bits per heavy atom. The average Bonchev–Trinajstić information content (AvgIpc) is 3.38. The van der Waals surface area contributed by atoms with Gasteiger partial charge in [-0.1, -0.05) is 51.1 Å². The Morgan fingerprint density at radius 1 is 1.25 bits per heavy atom. The van der Waals surface area contributed by atoms with Crippen LogP contribution >= 0.6 is 0 Å². The van der Waals surface area contributed by atoms with Gasteiger partial charge in [-0.25, -0.2) is 0 Å². The number of aliphatic carboxylic acids is 1. The van der Waals surface area contributed by atoms with Gasteiger partial charge in [0.1, 0.15) is 18.4 Å². The van der Waals surface area contributed by atoms with Gasteiger partial charge in [-0.3, -0.25) is 14.9 Å². The quantitative estimate of drug-likeness (QED) is 0.391. The van der Waals surface area contributed by atoms with Crippen molar-refractivity contribution in [2.45, 2.75) is 64.4 Å². The van der Waals surface area contributed by atoms with Crippen molar-refractivity contribution in [3.63, 3.8) is 0 Å². The number of carboxylic acid groups (broad SMARTS) is 1. The second-order valence-corrected chi connectivity index (χ2v) is 8.42. The monoisotopic (exact) mass is 392 g/mol. The van der Waals surface area contributed by atoms with Gasteiger partial charge in [0, 0.05) is 6.04 Å². The molecule has 1 heterocycles. The predicted octanol–water partition coefficient (Wildman–Crippen LogP) is 1.95. The molecule has 0 aliphatic carbocycles. The van der Waals surface area contributed by atoms with Crippen LogP contribution in [-0.2, 0) is 25.5 Å². The third kappa shape index (κ3) is 7.58. The topological polar surface area (TPSA) is 100 Å². The summed E-state index contributed by atoms with van der Waals surface area (Å²) in [6.07, 6.45) is 0.695. The van der Waals surface area contributed by atoms with E-state index in [1.54, 1.807) is 0 Å². The number of ether oxygens (including phenoxy) is 2. The summed E-state index contributed by atoms with van der Waals surface area (Å²) >= 11 is 0. The highest BCUT2D eigenvalue weighted by Gasteiger charge is 2.47. The SMILES string of the molecule is COC(=O)[C@H](Cc1ccccc1)NC1OC1[C@H](CC(=O)O)NCCC(C)(C)C. The molecule has 2 rings (SSSR count). The highest BCUT2D eigenvalue weighted by Crippen LogP contribution is 2.27. The van der Waals surface area contributed by atoms with Crippen molar-refractivity contribution in [2.75, 3.05) is 13.7 Å². The number of nitrogens with one attached hydrogen (secondary N) is 2. The van der Waals surface area contributed by atoms with E-state index in [1.807, 2.05) is 30.3 Å². The molecule has 1 aromatic carbocycles. The first kappa shape index (κ1) is 22.3.